The van der Waals surface area contributed by atoms with Gasteiger partial charge in [-0.3, -0.25) is 24.0 Å². The average Bonchev–Trinajstić information content (AvgIpc) is 1.69. The van der Waals surface area contributed by atoms with Crippen LogP contribution in [0.15, 0.2) is 181 Å². The molecule has 2 saturated carbocycles. The van der Waals surface area contributed by atoms with Gasteiger partial charge in [0.25, 0.3) is 5.56 Å². The molecule has 0 unspecified atom stereocenters. The molecule has 774 valence electrons. The lowest BCUT2D eigenvalue weighted by atomic mass is 9.77. The van der Waals surface area contributed by atoms with Gasteiger partial charge < -0.3 is 76.6 Å². The van der Waals surface area contributed by atoms with Crippen LogP contribution in [0.3, 0.4) is 0 Å². The van der Waals surface area contributed by atoms with E-state index in [4.69, 9.17) is 69.3 Å². The summed E-state index contributed by atoms with van der Waals surface area (Å²) >= 11 is 37.4. The SMILES string of the molecule is C.CC(C)(O)C1CCC(N)CC1.CC(C)(O)C1CCC(Nc2cc(N)n3ncc(-c4cccc(OC(F)(F)F)c4)c3n2)CC1.CCOC(=O)CC(=O)OCC.FC(F)(F)Oc1cccc(-c2cnn3c(Cl)cc(Cl)nc23)c1.Nc1[nH]ncc1-c1cccc(OC(F)(F)F)c1.Nc1cc(Cl)nc2c(-c3cccc(OC(F)(F)F)c3)cnn12.O=P(Cl)(Cl)Cl.O=c1cc(Cl)n2ncc(-c3cccc(OC(F)(F)F)c3)c2[nH]1. The number of esters is 2. The van der Waals surface area contributed by atoms with Crippen LogP contribution in [-0.4, -0.2) is 159 Å². The first-order chi connectivity index (χ1) is 66.1. The summed E-state index contributed by atoms with van der Waals surface area (Å²) in [5, 5.41) is 43.3. The number of nitrogen functional groups attached to an aromatic ring is 3. The largest absolute Gasteiger partial charge is 0.573 e. The van der Waals surface area contributed by atoms with Gasteiger partial charge in [-0.1, -0.05) is 114 Å². The number of ether oxygens (including phenoxy) is 7. The Kier molecular flexibility index (Phi) is 40.5. The molecule has 2 aliphatic carbocycles. The molecule has 16 rings (SSSR count). The number of hydrogen-bond acceptors (Lipinski definition) is 26. The van der Waals surface area contributed by atoms with Crippen LogP contribution < -0.4 is 57.5 Å². The number of benzene rings is 5. The van der Waals surface area contributed by atoms with Gasteiger partial charge in [0, 0.05) is 64.2 Å². The van der Waals surface area contributed by atoms with Crippen molar-refractivity contribution in [2.45, 2.75) is 162 Å². The summed E-state index contributed by atoms with van der Waals surface area (Å²) in [5.41, 5.74) is 27.7. The van der Waals surface area contributed by atoms with Crippen molar-refractivity contribution >= 4 is 143 Å². The van der Waals surface area contributed by atoms with Crippen LogP contribution in [0.1, 0.15) is 107 Å². The molecule has 2 fully saturated rings. The third-order valence-electron chi connectivity index (χ3n) is 20.1. The second-order valence-corrected chi connectivity index (χ2v) is 39.7. The van der Waals surface area contributed by atoms with Gasteiger partial charge in [0.1, 0.15) is 84.7 Å². The van der Waals surface area contributed by atoms with Gasteiger partial charge >= 0.3 is 49.0 Å². The molecule has 0 amide bonds. The van der Waals surface area contributed by atoms with Crippen molar-refractivity contribution in [3.63, 3.8) is 0 Å². The average molecular weight is 2190 g/mol. The number of rotatable bonds is 18. The number of nitrogens with one attached hydrogen (secondary N) is 3. The molecule has 55 heteroatoms. The number of fused-ring (bicyclic) bond motifs is 4. The number of halogens is 22. The first kappa shape index (κ1) is 116. The lowest BCUT2D eigenvalue weighted by Gasteiger charge is -2.36. The second kappa shape index (κ2) is 49.9. The smallest absolute Gasteiger partial charge is 0.466 e. The summed E-state index contributed by atoms with van der Waals surface area (Å²) in [6.45, 7) is 11.4. The van der Waals surface area contributed by atoms with Gasteiger partial charge in [0.2, 0.25) is 0 Å². The van der Waals surface area contributed by atoms with E-state index in [0.717, 1.165) is 57.4 Å². The Morgan fingerprint density at radius 3 is 1.14 bits per heavy atom. The molecule has 32 nitrogen and oxygen atoms in total. The third-order valence-corrected chi connectivity index (χ3v) is 21.1. The van der Waals surface area contributed by atoms with Crippen LogP contribution in [0.25, 0.3) is 78.2 Å². The van der Waals surface area contributed by atoms with Gasteiger partial charge in [-0.15, -0.1) is 65.9 Å². The number of hydrogen-bond donors (Lipinski definition) is 9. The molecule has 0 radical (unpaired) electrons. The van der Waals surface area contributed by atoms with E-state index >= 15 is 0 Å². The van der Waals surface area contributed by atoms with Crippen LogP contribution in [0.5, 0.6) is 28.7 Å². The predicted octanol–water partition coefficient (Wildman–Crippen LogP) is 23.8. The van der Waals surface area contributed by atoms with Crippen LogP contribution in [0.4, 0.5) is 89.1 Å². The van der Waals surface area contributed by atoms with E-state index in [1.807, 2.05) is 27.7 Å². The number of aromatic amines is 2. The minimum Gasteiger partial charge on any atom is -0.466 e. The van der Waals surface area contributed by atoms with E-state index < -0.39 is 65.7 Å². The van der Waals surface area contributed by atoms with Crippen molar-refractivity contribution < 1.29 is 123 Å². The summed E-state index contributed by atoms with van der Waals surface area (Å²) in [6.07, 6.45) is -8.91. The summed E-state index contributed by atoms with van der Waals surface area (Å²) in [7, 11) is 0. The highest BCUT2D eigenvalue weighted by Crippen LogP contribution is 2.61. The van der Waals surface area contributed by atoms with E-state index in [0.29, 0.717) is 96.2 Å². The molecular weight excluding hydrogens is 2100 g/mol. The lowest BCUT2D eigenvalue weighted by Crippen LogP contribution is -2.37. The summed E-state index contributed by atoms with van der Waals surface area (Å²) in [4.78, 5) is 48.1. The van der Waals surface area contributed by atoms with Crippen LogP contribution in [0.2, 0.25) is 20.6 Å². The zero-order valence-electron chi connectivity index (χ0n) is 74.7. The second-order valence-electron chi connectivity index (χ2n) is 31.5. The Bertz CT molecular complexity index is 6550. The standard InChI is InChI=1S/C22H26F3N5O2.C13H6Cl2F3N3O.C13H8ClF3N4O.C13H7ClF3N3O2.C10H8F3N3O.C9H19NO.C7H12O4.CH4.Cl3OP/c1-21(2,31)14-6-8-15(9-7-14)28-19-11-18(26)30-20(29-19)17(12-27-30)13-4-3-5-16(10-13)32-22(23,24)25;14-10-5-11(15)21-12(20-10)9(6-19-21)7-2-1-3-8(4-7)22-13(16,17)18;14-10-5-11(18)21-12(20-10)9(6-19-21)7-2-1-3-8(4-7)22-13(15,16)17;14-10-5-11(21)19-12-9(6-18-20(10)12)7-2-1-3-8(4-7)22-13(15,16)17;11-10(12,13)17-7-3-1-2-6(4-7)8-5-15-16-9(8)14;1-9(2,11)7-3-5-8(10)6-4-7;1-3-10-6(8)5-7(9)11-4-2;;1-5(2,3)4/h3-5,10-12,14-15,31H,6-9,26H2,1-2H3,(H,28,29);1-6H;1-6H,18H2;1-6H,(H,19,21);1-5H,(H3,14,15,16);7-8,11H,3-6,10H2,1-2H3;3-5H2,1-2H3;1H4;. The number of carbonyl (C=O) groups is 2. The molecule has 5 aromatic carbocycles. The molecule has 143 heavy (non-hydrogen) atoms. The molecule has 0 spiro atoms. The molecule has 9 heterocycles. The molecule has 0 aliphatic heterocycles. The van der Waals surface area contributed by atoms with Gasteiger partial charge in [0.05, 0.1) is 55.4 Å². The zero-order valence-corrected chi connectivity index (χ0v) is 80.8. The maximum Gasteiger partial charge on any atom is 0.573 e. The Hall–Kier alpha value is -12.2. The van der Waals surface area contributed by atoms with E-state index in [1.165, 1.54) is 152 Å². The molecule has 0 bridgehead atoms. The van der Waals surface area contributed by atoms with Crippen molar-refractivity contribution in [1.82, 2.24) is 68.6 Å². The quantitative estimate of drug-likeness (QED) is 0.0127. The van der Waals surface area contributed by atoms with E-state index in [9.17, 15) is 95.0 Å². The molecule has 13 N–H and O–H groups in total. The molecule has 14 aromatic rings. The number of anilines is 4. The fourth-order valence-corrected chi connectivity index (χ4v) is 14.9. The van der Waals surface area contributed by atoms with Crippen LogP contribution in [0, 0.1) is 11.8 Å². The Balaban J connectivity index is 0.000000207. The minimum absolute atomic E-state index is 0. The van der Waals surface area contributed by atoms with Crippen molar-refractivity contribution in [3.05, 3.63) is 208 Å². The molecule has 2 aliphatic rings. The molecule has 0 saturated heterocycles. The number of aliphatic hydroxyl groups is 2. The zero-order chi connectivity index (χ0) is 105. The highest BCUT2D eigenvalue weighted by atomic mass is 36.0. The Morgan fingerprint density at radius 1 is 0.455 bits per heavy atom. The number of alkyl halides is 15. The summed E-state index contributed by atoms with van der Waals surface area (Å²) in [5.74, 6) is -0.518. The van der Waals surface area contributed by atoms with Gasteiger partial charge in [-0.2, -0.15) is 34.5 Å². The lowest BCUT2D eigenvalue weighted by molar-refractivity contribution is -0.275. The van der Waals surface area contributed by atoms with Gasteiger partial charge in [-0.05, 0) is 227 Å². The highest BCUT2D eigenvalue weighted by Gasteiger charge is 2.37. The Morgan fingerprint density at radius 2 is 0.776 bits per heavy atom. The van der Waals surface area contributed by atoms with Crippen molar-refractivity contribution in [1.29, 1.82) is 0 Å². The Labute approximate surface area is 837 Å². The summed E-state index contributed by atoms with van der Waals surface area (Å²) < 4.78 is 228. The van der Waals surface area contributed by atoms with Crippen LogP contribution in [-0.2, 0) is 23.6 Å². The van der Waals surface area contributed by atoms with Crippen molar-refractivity contribution in [2.75, 3.05) is 35.7 Å². The fraction of sp³-hybridized carbons (Fsp3) is 0.330. The predicted molar refractivity (Wildman–Crippen MR) is 509 cm³/mol. The first-order valence-corrected chi connectivity index (χ1v) is 47.6. The van der Waals surface area contributed by atoms with Crippen molar-refractivity contribution in [3.8, 4) is 84.4 Å². The number of H-pyrrole nitrogens is 2. The van der Waals surface area contributed by atoms with Crippen molar-refractivity contribution in [2.24, 2.45) is 17.6 Å². The number of nitrogens with zero attached hydrogens (tertiary/aromatic N) is 12. The molecular formula is C88H90Cl7F15N19O13P. The highest BCUT2D eigenvalue weighted by molar-refractivity contribution is 8.24. The maximum absolute atomic E-state index is 12.6. The molecule has 9 aromatic heterocycles. The van der Waals surface area contributed by atoms with E-state index in [1.54, 1.807) is 50.2 Å². The third kappa shape index (κ3) is 37.2. The number of aromatic nitrogens is 14. The fourth-order valence-electron chi connectivity index (χ4n) is 14.0. The first-order valence-electron chi connectivity index (χ1n) is 41.6. The van der Waals surface area contributed by atoms with E-state index in [2.05, 4.69) is 123 Å². The van der Waals surface area contributed by atoms with E-state index in [-0.39, 0.29) is 106 Å². The molecule has 0 atom stereocenters. The monoisotopic (exact) mass is 2180 g/mol. The number of nitrogens with two attached hydrogens (primary N) is 4. The van der Waals surface area contributed by atoms with Gasteiger partial charge in [-0.25, -0.2) is 24.0 Å². The number of carbonyl (C=O) groups excluding carboxylic acids is 2. The topological polar surface area (TPSA) is 442 Å². The summed E-state index contributed by atoms with van der Waals surface area (Å²) in [6, 6.07) is 33.8. The van der Waals surface area contributed by atoms with Gasteiger partial charge in [0.15, 0.2) is 16.9 Å². The maximum atomic E-state index is 12.6. The van der Waals surface area contributed by atoms with Crippen LogP contribution >= 0.6 is 85.3 Å². The normalized spacial score (nSPS) is 15.0. The minimum atomic E-state index is -4.78.